The predicted molar refractivity (Wildman–Crippen MR) is 94.1 cm³/mol. The first-order chi connectivity index (χ1) is 10.2. The summed E-state index contributed by atoms with van der Waals surface area (Å²) in [6.07, 6.45) is 9.57. The van der Waals surface area contributed by atoms with Crippen molar-refractivity contribution in [3.63, 3.8) is 0 Å². The van der Waals surface area contributed by atoms with Crippen molar-refractivity contribution in [2.45, 2.75) is 82.4 Å². The van der Waals surface area contributed by atoms with Crippen LogP contribution in [0.5, 0.6) is 0 Å². The van der Waals surface area contributed by atoms with Crippen molar-refractivity contribution in [2.75, 3.05) is 0 Å². The average Bonchev–Trinajstić information content (AvgIpc) is 2.97. The molecule has 0 amide bonds. The van der Waals surface area contributed by atoms with E-state index in [1.807, 2.05) is 11.3 Å². The van der Waals surface area contributed by atoms with Crippen molar-refractivity contribution in [3.05, 3.63) is 15.6 Å². The Kier molecular flexibility index (Phi) is 5.63. The minimum absolute atomic E-state index is 0.696. The molecule has 1 heterocycles. The van der Waals surface area contributed by atoms with Crippen LogP contribution >= 0.6 is 23.1 Å². The third-order valence-electron chi connectivity index (χ3n) is 4.30. The Morgan fingerprint density at radius 2 is 2.00 bits per heavy atom. The van der Waals surface area contributed by atoms with Crippen molar-refractivity contribution in [3.8, 4) is 0 Å². The molecule has 0 aromatic carbocycles. The van der Waals surface area contributed by atoms with Gasteiger partial charge >= 0.3 is 0 Å². The summed E-state index contributed by atoms with van der Waals surface area (Å²) in [7, 11) is 0. The first-order valence-electron chi connectivity index (χ1n) is 8.53. The van der Waals surface area contributed by atoms with Gasteiger partial charge in [0.2, 0.25) is 0 Å². The van der Waals surface area contributed by atoms with Crippen LogP contribution in [0.4, 0.5) is 0 Å². The number of hydrogen-bond acceptors (Lipinski definition) is 4. The number of nitrogens with zero attached hydrogens (tertiary/aromatic N) is 1. The van der Waals surface area contributed by atoms with E-state index in [0.717, 1.165) is 30.0 Å². The molecule has 2 saturated carbocycles. The zero-order chi connectivity index (χ0) is 14.7. The molecule has 0 spiro atoms. The summed E-state index contributed by atoms with van der Waals surface area (Å²) in [6.45, 7) is 5.63. The third-order valence-corrected chi connectivity index (χ3v) is 6.96. The Balaban J connectivity index is 1.58. The zero-order valence-electron chi connectivity index (χ0n) is 13.4. The molecule has 2 nitrogen and oxygen atoms in total. The molecule has 2 aliphatic carbocycles. The standard InChI is InChI=1S/C17H28N2S2/c1-12(2)9-15-16(10-18-13-7-8-13)21-17(19-15)11-20-14-5-3-4-6-14/h12-14,18H,3-11H2,1-2H3. The highest BCUT2D eigenvalue weighted by Gasteiger charge is 2.22. The van der Waals surface area contributed by atoms with Gasteiger partial charge < -0.3 is 5.32 Å². The van der Waals surface area contributed by atoms with Gasteiger partial charge in [-0.2, -0.15) is 11.8 Å². The van der Waals surface area contributed by atoms with Crippen LogP contribution in [0.3, 0.4) is 0 Å². The van der Waals surface area contributed by atoms with Crippen molar-refractivity contribution in [1.29, 1.82) is 0 Å². The Hall–Kier alpha value is -0.0600. The molecule has 0 saturated heterocycles. The molecular formula is C17H28N2S2. The van der Waals surface area contributed by atoms with Gasteiger partial charge in [-0.1, -0.05) is 26.7 Å². The highest BCUT2D eigenvalue weighted by Crippen LogP contribution is 2.33. The van der Waals surface area contributed by atoms with Crippen molar-refractivity contribution < 1.29 is 0 Å². The van der Waals surface area contributed by atoms with Gasteiger partial charge in [-0.3, -0.25) is 0 Å². The second-order valence-electron chi connectivity index (χ2n) is 6.95. The molecule has 1 aromatic rings. The lowest BCUT2D eigenvalue weighted by Gasteiger charge is -2.06. The molecular weight excluding hydrogens is 296 g/mol. The van der Waals surface area contributed by atoms with Crippen LogP contribution in [0.2, 0.25) is 0 Å². The Labute approximate surface area is 137 Å². The Morgan fingerprint density at radius 1 is 1.24 bits per heavy atom. The minimum Gasteiger partial charge on any atom is -0.309 e. The number of hydrogen-bond donors (Lipinski definition) is 1. The lowest BCUT2D eigenvalue weighted by Crippen LogP contribution is -2.15. The maximum Gasteiger partial charge on any atom is 0.103 e. The molecule has 0 radical (unpaired) electrons. The summed E-state index contributed by atoms with van der Waals surface area (Å²) >= 11 is 4.10. The van der Waals surface area contributed by atoms with Crippen LogP contribution < -0.4 is 5.32 Å². The van der Waals surface area contributed by atoms with Gasteiger partial charge in [0.25, 0.3) is 0 Å². The molecule has 1 aromatic heterocycles. The molecule has 21 heavy (non-hydrogen) atoms. The molecule has 1 N–H and O–H groups in total. The highest BCUT2D eigenvalue weighted by atomic mass is 32.2. The van der Waals surface area contributed by atoms with Gasteiger partial charge in [0, 0.05) is 28.5 Å². The van der Waals surface area contributed by atoms with E-state index in [4.69, 9.17) is 4.98 Å². The van der Waals surface area contributed by atoms with Gasteiger partial charge in [-0.15, -0.1) is 11.3 Å². The third kappa shape index (κ3) is 4.97. The Bertz CT molecular complexity index is 446. The first-order valence-corrected chi connectivity index (χ1v) is 10.4. The zero-order valence-corrected chi connectivity index (χ0v) is 15.0. The number of rotatable bonds is 8. The lowest BCUT2D eigenvalue weighted by atomic mass is 10.1. The van der Waals surface area contributed by atoms with Crippen molar-refractivity contribution in [2.24, 2.45) is 5.92 Å². The normalized spacial score (nSPS) is 19.8. The number of nitrogens with one attached hydrogen (secondary N) is 1. The largest absolute Gasteiger partial charge is 0.309 e. The first kappa shape index (κ1) is 15.8. The summed E-state index contributed by atoms with van der Waals surface area (Å²) in [5.74, 6) is 1.83. The fourth-order valence-electron chi connectivity index (χ4n) is 2.95. The summed E-state index contributed by atoms with van der Waals surface area (Å²) < 4.78 is 0. The van der Waals surface area contributed by atoms with E-state index in [2.05, 4.69) is 30.9 Å². The van der Waals surface area contributed by atoms with E-state index in [1.54, 1.807) is 0 Å². The minimum atomic E-state index is 0.696. The van der Waals surface area contributed by atoms with Crippen LogP contribution in [-0.4, -0.2) is 16.3 Å². The molecule has 0 atom stereocenters. The van der Waals surface area contributed by atoms with Crippen LogP contribution in [0.1, 0.15) is 68.0 Å². The van der Waals surface area contributed by atoms with Gasteiger partial charge in [0.05, 0.1) is 5.69 Å². The van der Waals surface area contributed by atoms with E-state index < -0.39 is 0 Å². The van der Waals surface area contributed by atoms with Crippen LogP contribution in [0.25, 0.3) is 0 Å². The summed E-state index contributed by atoms with van der Waals surface area (Å²) in [4.78, 5) is 6.47. The molecule has 0 aliphatic heterocycles. The van der Waals surface area contributed by atoms with Crippen molar-refractivity contribution in [1.82, 2.24) is 10.3 Å². The summed E-state index contributed by atoms with van der Waals surface area (Å²) in [5.41, 5.74) is 1.37. The summed E-state index contributed by atoms with van der Waals surface area (Å²) in [6, 6.07) is 0.787. The molecule has 3 rings (SSSR count). The maximum absolute atomic E-state index is 4.97. The highest BCUT2D eigenvalue weighted by molar-refractivity contribution is 7.99. The number of aromatic nitrogens is 1. The topological polar surface area (TPSA) is 24.9 Å². The molecule has 2 fully saturated rings. The SMILES string of the molecule is CC(C)Cc1nc(CSC2CCCC2)sc1CNC1CC1. The van der Waals surface area contributed by atoms with E-state index in [-0.39, 0.29) is 0 Å². The molecule has 118 valence electrons. The number of thiazole rings is 1. The number of thioether (sulfide) groups is 1. The van der Waals surface area contributed by atoms with Gasteiger partial charge in [-0.05, 0) is 38.0 Å². The molecule has 4 heteroatoms. The second-order valence-corrected chi connectivity index (χ2v) is 9.40. The van der Waals surface area contributed by atoms with Gasteiger partial charge in [0.15, 0.2) is 0 Å². The smallest absolute Gasteiger partial charge is 0.103 e. The molecule has 2 aliphatic rings. The summed E-state index contributed by atoms with van der Waals surface area (Å²) in [5, 5.41) is 5.92. The van der Waals surface area contributed by atoms with Crippen LogP contribution in [-0.2, 0) is 18.7 Å². The van der Waals surface area contributed by atoms with Gasteiger partial charge in [-0.25, -0.2) is 4.98 Å². The second kappa shape index (κ2) is 7.47. The average molecular weight is 325 g/mol. The quantitative estimate of drug-likeness (QED) is 0.745. The fraction of sp³-hybridized carbons (Fsp3) is 0.824. The molecule has 0 bridgehead atoms. The Morgan fingerprint density at radius 3 is 2.67 bits per heavy atom. The fourth-order valence-corrected chi connectivity index (χ4v) is 5.34. The maximum atomic E-state index is 4.97. The van der Waals surface area contributed by atoms with E-state index in [9.17, 15) is 0 Å². The van der Waals surface area contributed by atoms with E-state index in [0.29, 0.717) is 5.92 Å². The predicted octanol–water partition coefficient (Wildman–Crippen LogP) is 4.77. The van der Waals surface area contributed by atoms with E-state index in [1.165, 1.54) is 54.1 Å². The monoisotopic (exact) mass is 324 g/mol. The van der Waals surface area contributed by atoms with E-state index >= 15 is 0 Å². The van der Waals surface area contributed by atoms with Crippen molar-refractivity contribution >= 4 is 23.1 Å². The lowest BCUT2D eigenvalue weighted by molar-refractivity contribution is 0.623. The molecule has 0 unspecified atom stereocenters. The van der Waals surface area contributed by atoms with Gasteiger partial charge in [0.1, 0.15) is 5.01 Å². The van der Waals surface area contributed by atoms with Crippen LogP contribution in [0, 0.1) is 5.92 Å². The van der Waals surface area contributed by atoms with Crippen LogP contribution in [0.15, 0.2) is 0 Å².